The monoisotopic (exact) mass is 652 g/mol. The van der Waals surface area contributed by atoms with Gasteiger partial charge in [0.25, 0.3) is 0 Å². The number of carbonyl (C=O) groups is 4. The lowest BCUT2D eigenvalue weighted by Crippen LogP contribution is -2.61. The fourth-order valence-electron chi connectivity index (χ4n) is 4.77. The van der Waals surface area contributed by atoms with Crippen molar-refractivity contribution in [2.24, 2.45) is 0 Å². The van der Waals surface area contributed by atoms with Gasteiger partial charge in [0.15, 0.2) is 18.3 Å². The van der Waals surface area contributed by atoms with Crippen molar-refractivity contribution < 1.29 is 51.7 Å². The Labute approximate surface area is 264 Å². The van der Waals surface area contributed by atoms with Crippen molar-refractivity contribution in [3.63, 3.8) is 0 Å². The number of rotatable bonds is 15. The number of hydrogen-bond acceptors (Lipinski definition) is 11. The molecule has 2 rings (SSSR count). The Hall–Kier alpha value is -3.43. The summed E-state index contributed by atoms with van der Waals surface area (Å²) in [6.45, 7) is 9.33. The zero-order chi connectivity index (χ0) is 33.4. The Morgan fingerprint density at radius 1 is 0.844 bits per heavy atom. The van der Waals surface area contributed by atoms with E-state index in [1.807, 2.05) is 0 Å². The number of amides is 2. The number of hydrogen-bond donors (Lipinski definition) is 2. The van der Waals surface area contributed by atoms with Crippen LogP contribution >= 0.6 is 7.60 Å². The second kappa shape index (κ2) is 19.2. The summed E-state index contributed by atoms with van der Waals surface area (Å²) < 4.78 is 47.2. The molecule has 45 heavy (non-hydrogen) atoms. The molecular weight excluding hydrogens is 607 g/mol. The highest BCUT2D eigenvalue weighted by molar-refractivity contribution is 7.53. The van der Waals surface area contributed by atoms with Gasteiger partial charge in [-0.05, 0) is 44.4 Å². The Bertz CT molecular complexity index is 1230. The molecule has 1 fully saturated rings. The van der Waals surface area contributed by atoms with E-state index in [1.165, 1.54) is 20.8 Å². The summed E-state index contributed by atoms with van der Waals surface area (Å²) in [5.41, 5.74) is 1.25. The highest BCUT2D eigenvalue weighted by Gasteiger charge is 2.51. The zero-order valence-corrected chi connectivity index (χ0v) is 27.7. The first-order valence-electron chi connectivity index (χ1n) is 15.1. The van der Waals surface area contributed by atoms with E-state index in [4.69, 9.17) is 28.0 Å². The molecule has 14 heteroatoms. The molecule has 1 aliphatic rings. The first-order chi connectivity index (χ1) is 21.4. The fourth-order valence-corrected chi connectivity index (χ4v) is 6.46. The van der Waals surface area contributed by atoms with Crippen LogP contribution in [0.4, 0.5) is 10.5 Å². The van der Waals surface area contributed by atoms with E-state index in [-0.39, 0.29) is 32.2 Å². The number of urea groups is 1. The van der Waals surface area contributed by atoms with Crippen molar-refractivity contribution in [1.82, 2.24) is 5.32 Å². The summed E-state index contributed by atoms with van der Waals surface area (Å²) in [4.78, 5) is 48.7. The molecule has 0 spiro atoms. The predicted molar refractivity (Wildman–Crippen MR) is 165 cm³/mol. The van der Waals surface area contributed by atoms with Gasteiger partial charge >= 0.3 is 31.5 Å². The van der Waals surface area contributed by atoms with Gasteiger partial charge in [0.1, 0.15) is 6.10 Å². The van der Waals surface area contributed by atoms with Crippen molar-refractivity contribution in [3.05, 3.63) is 29.8 Å². The van der Waals surface area contributed by atoms with E-state index in [9.17, 15) is 23.7 Å². The maximum atomic E-state index is 13.2. The van der Waals surface area contributed by atoms with Gasteiger partial charge in [-0.2, -0.15) is 0 Å². The standard InChI is InChI=1S/C31H45N2O11P/c1-7-10-11-12-18-32-31(37)33-25-15-13-24(14-16-25)20-27-29(42-22(5)35)30(43-23(6)36)28(41-21(4)34)26(44-27)17-19-45(38,39-8-2)40-9-3/h13-16,26-30H,7-11,17,19-20H2,1-6H3,(H2,32,33,37)/t26-,27-,28-,29-,30+/m1/s1. The van der Waals surface area contributed by atoms with E-state index in [0.29, 0.717) is 12.1 Å². The zero-order valence-electron chi connectivity index (χ0n) is 26.8. The molecule has 0 radical (unpaired) electrons. The molecule has 13 nitrogen and oxygen atoms in total. The van der Waals surface area contributed by atoms with Gasteiger partial charge in [-0.1, -0.05) is 31.4 Å². The van der Waals surface area contributed by atoms with E-state index in [0.717, 1.165) is 18.4 Å². The number of ether oxygens (including phenoxy) is 4. The highest BCUT2D eigenvalue weighted by atomic mass is 31.2. The summed E-state index contributed by atoms with van der Waals surface area (Å²) >= 11 is 0. The normalized spacial score (nSPS) is 21.1. The minimum absolute atomic E-state index is 0.0512. The Balaban J connectivity index is 2.33. The van der Waals surface area contributed by atoms with Crippen LogP contribution in [0.25, 0.3) is 0 Å². The van der Waals surface area contributed by atoms with E-state index in [2.05, 4.69) is 29.5 Å². The molecule has 5 atom stereocenters. The summed E-state index contributed by atoms with van der Waals surface area (Å²) in [5.74, 6) is 0.850. The Kier molecular flexibility index (Phi) is 16.1. The second-order valence-electron chi connectivity index (χ2n) is 10.3. The molecule has 0 saturated carbocycles. The molecule has 1 aliphatic heterocycles. The SMILES string of the molecule is CCCCC#CNC(=O)Nc1ccc(C[C@H]2O[C@H](CCP(=O)(OCC)OCC)[C@@H](OC(C)=O)[C@H](OC(C)=O)[C@@H]2OC(C)=O)cc1. The van der Waals surface area contributed by atoms with Crippen LogP contribution in [0, 0.1) is 12.0 Å². The van der Waals surface area contributed by atoms with Crippen LogP contribution in [-0.2, 0) is 53.4 Å². The lowest BCUT2D eigenvalue weighted by Gasteiger charge is -2.45. The first kappa shape index (κ1) is 37.8. The van der Waals surface area contributed by atoms with Crippen LogP contribution in [0.15, 0.2) is 24.3 Å². The van der Waals surface area contributed by atoms with E-state index < -0.39 is 62.1 Å². The van der Waals surface area contributed by atoms with E-state index in [1.54, 1.807) is 38.1 Å². The minimum Gasteiger partial charge on any atom is -0.456 e. The van der Waals surface area contributed by atoms with Gasteiger partial charge in [-0.15, -0.1) is 0 Å². The number of esters is 3. The molecule has 1 aromatic rings. The van der Waals surface area contributed by atoms with Crippen molar-refractivity contribution in [2.45, 2.75) is 104 Å². The number of anilines is 1. The maximum absolute atomic E-state index is 13.2. The van der Waals surface area contributed by atoms with Gasteiger partial charge in [0.2, 0.25) is 0 Å². The smallest absolute Gasteiger partial charge is 0.330 e. The van der Waals surface area contributed by atoms with E-state index >= 15 is 0 Å². The molecule has 250 valence electrons. The molecule has 1 aromatic carbocycles. The molecule has 2 amide bonds. The summed E-state index contributed by atoms with van der Waals surface area (Å²) in [6.07, 6.45) is -2.51. The molecule has 0 unspecified atom stereocenters. The van der Waals surface area contributed by atoms with Crippen molar-refractivity contribution in [3.8, 4) is 12.0 Å². The second-order valence-corrected chi connectivity index (χ2v) is 12.5. The maximum Gasteiger partial charge on any atom is 0.330 e. The minimum atomic E-state index is -3.51. The van der Waals surface area contributed by atoms with Gasteiger partial charge in [-0.3, -0.25) is 24.3 Å². The lowest BCUT2D eigenvalue weighted by atomic mass is 9.89. The lowest BCUT2D eigenvalue weighted by molar-refractivity contribution is -0.246. The molecule has 1 saturated heterocycles. The van der Waals surface area contributed by atoms with Crippen molar-refractivity contribution >= 4 is 37.2 Å². The number of unbranched alkanes of at least 4 members (excludes halogenated alkanes) is 2. The van der Waals surface area contributed by atoms with Crippen LogP contribution in [-0.4, -0.2) is 73.8 Å². The van der Waals surface area contributed by atoms with Gasteiger partial charge in [-0.25, -0.2) is 4.79 Å². The number of benzene rings is 1. The molecule has 2 N–H and O–H groups in total. The molecule has 1 heterocycles. The molecule has 0 aromatic heterocycles. The third-order valence-electron chi connectivity index (χ3n) is 6.54. The van der Waals surface area contributed by atoms with Crippen LogP contribution < -0.4 is 10.6 Å². The van der Waals surface area contributed by atoms with Gasteiger partial charge in [0.05, 0.1) is 25.5 Å². The number of nitrogens with one attached hydrogen (secondary N) is 2. The van der Waals surface area contributed by atoms with Crippen LogP contribution in [0.1, 0.15) is 72.8 Å². The van der Waals surface area contributed by atoms with Crippen LogP contribution in [0.3, 0.4) is 0 Å². The third kappa shape index (κ3) is 13.2. The Morgan fingerprint density at radius 2 is 1.40 bits per heavy atom. The summed E-state index contributed by atoms with van der Waals surface area (Å²) in [6, 6.07) is 9.03. The van der Waals surface area contributed by atoms with Gasteiger partial charge in [0, 0.05) is 45.3 Å². The molecule has 0 bridgehead atoms. The topological polar surface area (TPSA) is 165 Å². The average Bonchev–Trinajstić information content (AvgIpc) is 2.95. The predicted octanol–water partition coefficient (Wildman–Crippen LogP) is 4.72. The van der Waals surface area contributed by atoms with Crippen LogP contribution in [0.2, 0.25) is 0 Å². The third-order valence-corrected chi connectivity index (χ3v) is 8.65. The average molecular weight is 653 g/mol. The van der Waals surface area contributed by atoms with Crippen LogP contribution in [0.5, 0.6) is 0 Å². The molecule has 0 aliphatic carbocycles. The fraction of sp³-hybridized carbons (Fsp3) is 0.613. The first-order valence-corrected chi connectivity index (χ1v) is 16.8. The Morgan fingerprint density at radius 3 is 1.93 bits per heavy atom. The summed E-state index contributed by atoms with van der Waals surface area (Å²) in [5, 5.41) is 5.18. The van der Waals surface area contributed by atoms with Gasteiger partial charge < -0.3 is 33.3 Å². The quantitative estimate of drug-likeness (QED) is 0.0673. The number of carbonyl (C=O) groups excluding carboxylic acids is 4. The summed E-state index contributed by atoms with van der Waals surface area (Å²) in [7, 11) is -3.51. The van der Waals surface area contributed by atoms with Crippen molar-refractivity contribution in [2.75, 3.05) is 24.7 Å². The molecular formula is C31H45N2O11P. The van der Waals surface area contributed by atoms with Crippen molar-refractivity contribution in [1.29, 1.82) is 0 Å². The highest BCUT2D eigenvalue weighted by Crippen LogP contribution is 2.49. The largest absolute Gasteiger partial charge is 0.456 e.